The van der Waals surface area contributed by atoms with Crippen molar-refractivity contribution in [2.45, 2.75) is 19.4 Å². The van der Waals surface area contributed by atoms with Crippen molar-refractivity contribution >= 4 is 5.84 Å². The minimum Gasteiger partial charge on any atom is -0.368 e. The lowest BCUT2D eigenvalue weighted by Gasteiger charge is -2.16. The number of rotatable bonds is 0. The summed E-state index contributed by atoms with van der Waals surface area (Å²) in [6, 6.07) is 0.550. The van der Waals surface area contributed by atoms with Crippen molar-refractivity contribution in [3.05, 3.63) is 12.2 Å². The molecule has 0 saturated heterocycles. The summed E-state index contributed by atoms with van der Waals surface area (Å²) in [5.41, 5.74) is 0. The highest BCUT2D eigenvalue weighted by Gasteiger charge is 2.04. The van der Waals surface area contributed by atoms with Gasteiger partial charge >= 0.3 is 0 Å². The van der Waals surface area contributed by atoms with Gasteiger partial charge in [0, 0.05) is 13.1 Å². The Hall–Kier alpha value is -0.790. The first kappa shape index (κ1) is 6.33. The fourth-order valence-corrected chi connectivity index (χ4v) is 0.882. The van der Waals surface area contributed by atoms with Crippen LogP contribution in [0.2, 0.25) is 0 Å². The molecule has 1 heterocycles. The van der Waals surface area contributed by atoms with Crippen molar-refractivity contribution in [2.24, 2.45) is 4.99 Å². The number of hydrogen-bond donors (Lipinski definition) is 1. The largest absolute Gasteiger partial charge is 0.368 e. The van der Waals surface area contributed by atoms with Gasteiger partial charge in [-0.15, -0.1) is 0 Å². The topological polar surface area (TPSA) is 24.4 Å². The monoisotopic (exact) mass is 124 g/mol. The predicted molar refractivity (Wildman–Crippen MR) is 39.7 cm³/mol. The molecule has 0 spiro atoms. The maximum atomic E-state index is 4.02. The maximum Gasteiger partial charge on any atom is 0.120 e. The summed E-state index contributed by atoms with van der Waals surface area (Å²) in [5.74, 6) is 0.994. The van der Waals surface area contributed by atoms with E-state index in [-0.39, 0.29) is 0 Å². The zero-order valence-electron chi connectivity index (χ0n) is 5.89. The van der Waals surface area contributed by atoms with Crippen molar-refractivity contribution in [1.82, 2.24) is 5.32 Å². The van der Waals surface area contributed by atoms with Crippen molar-refractivity contribution in [3.8, 4) is 0 Å². The Balaban J connectivity index is 2.60. The zero-order valence-corrected chi connectivity index (χ0v) is 5.89. The summed E-state index contributed by atoms with van der Waals surface area (Å²) in [7, 11) is 1.80. The molecule has 2 nitrogen and oxygen atoms in total. The Bertz CT molecular complexity index is 147. The summed E-state index contributed by atoms with van der Waals surface area (Å²) in [5, 5.41) is 3.23. The van der Waals surface area contributed by atoms with Gasteiger partial charge in [-0.2, -0.15) is 0 Å². The van der Waals surface area contributed by atoms with Crippen LogP contribution in [0.25, 0.3) is 0 Å². The second kappa shape index (κ2) is 2.67. The molecular formula is C7H12N2. The number of aliphatic imine (C=N–C) groups is 1. The first-order valence-corrected chi connectivity index (χ1v) is 3.23. The highest BCUT2D eigenvalue weighted by molar-refractivity contribution is 5.93. The normalized spacial score (nSPS) is 30.4. The summed E-state index contributed by atoms with van der Waals surface area (Å²) in [6.07, 6.45) is 5.27. The lowest BCUT2D eigenvalue weighted by atomic mass is 10.1. The highest BCUT2D eigenvalue weighted by Crippen LogP contribution is 1.98. The fourth-order valence-electron chi connectivity index (χ4n) is 0.882. The molecule has 2 heteroatoms. The number of hydrogen-bond acceptors (Lipinski definition) is 1. The van der Waals surface area contributed by atoms with E-state index in [1.54, 1.807) is 7.05 Å². The quantitative estimate of drug-likeness (QED) is 0.511. The third-order valence-corrected chi connectivity index (χ3v) is 1.40. The molecule has 0 aromatic carbocycles. The van der Waals surface area contributed by atoms with Crippen LogP contribution in [0, 0.1) is 0 Å². The smallest absolute Gasteiger partial charge is 0.120 e. The van der Waals surface area contributed by atoms with Crippen molar-refractivity contribution in [2.75, 3.05) is 7.05 Å². The molecule has 0 fully saturated rings. The molecule has 1 aliphatic rings. The summed E-state index contributed by atoms with van der Waals surface area (Å²) in [6.45, 7) is 2.15. The highest BCUT2D eigenvalue weighted by atomic mass is 15.0. The van der Waals surface area contributed by atoms with Crippen LogP contribution in [0.15, 0.2) is 17.1 Å². The van der Waals surface area contributed by atoms with Crippen LogP contribution in [0.3, 0.4) is 0 Å². The summed E-state index contributed by atoms with van der Waals surface area (Å²) >= 11 is 0. The molecule has 1 atom stereocenters. The lowest BCUT2D eigenvalue weighted by molar-refractivity contribution is 0.664. The Kier molecular flexibility index (Phi) is 1.88. The van der Waals surface area contributed by atoms with E-state index in [9.17, 15) is 0 Å². The minimum atomic E-state index is 0.550. The average molecular weight is 124 g/mol. The Morgan fingerprint density at radius 1 is 1.78 bits per heavy atom. The van der Waals surface area contributed by atoms with Crippen molar-refractivity contribution in [3.63, 3.8) is 0 Å². The Morgan fingerprint density at radius 2 is 2.56 bits per heavy atom. The lowest BCUT2D eigenvalue weighted by Crippen LogP contribution is -2.33. The van der Waals surface area contributed by atoms with E-state index in [0.717, 1.165) is 12.3 Å². The molecule has 0 bridgehead atoms. The minimum absolute atomic E-state index is 0.550. The standard InChI is InChI=1S/C7H12N2/c1-6-4-3-5-7(8-2)9-6/h3,5-6H,4H2,1-2H3,(H,8,9). The number of amidine groups is 1. The molecule has 0 radical (unpaired) electrons. The third-order valence-electron chi connectivity index (χ3n) is 1.40. The van der Waals surface area contributed by atoms with Gasteiger partial charge in [0.25, 0.3) is 0 Å². The van der Waals surface area contributed by atoms with E-state index >= 15 is 0 Å². The molecule has 0 aliphatic carbocycles. The molecule has 50 valence electrons. The van der Waals surface area contributed by atoms with Crippen LogP contribution >= 0.6 is 0 Å². The number of nitrogens with one attached hydrogen (secondary N) is 1. The first-order valence-electron chi connectivity index (χ1n) is 3.23. The van der Waals surface area contributed by atoms with Gasteiger partial charge in [0.1, 0.15) is 5.84 Å². The molecule has 0 saturated carbocycles. The molecule has 1 rings (SSSR count). The summed E-state index contributed by atoms with van der Waals surface area (Å²) < 4.78 is 0. The van der Waals surface area contributed by atoms with Gasteiger partial charge in [-0.05, 0) is 19.4 Å². The summed E-state index contributed by atoms with van der Waals surface area (Å²) in [4.78, 5) is 4.02. The predicted octanol–water partition coefficient (Wildman–Crippen LogP) is 0.953. The number of nitrogens with zero attached hydrogens (tertiary/aromatic N) is 1. The van der Waals surface area contributed by atoms with Crippen molar-refractivity contribution < 1.29 is 0 Å². The van der Waals surface area contributed by atoms with Crippen LogP contribution in [-0.4, -0.2) is 18.9 Å². The van der Waals surface area contributed by atoms with Gasteiger partial charge in [-0.3, -0.25) is 4.99 Å². The van der Waals surface area contributed by atoms with E-state index in [2.05, 4.69) is 23.3 Å². The first-order chi connectivity index (χ1) is 4.33. The van der Waals surface area contributed by atoms with E-state index in [4.69, 9.17) is 0 Å². The molecule has 1 N–H and O–H groups in total. The molecule has 0 aromatic heterocycles. The van der Waals surface area contributed by atoms with Gasteiger partial charge in [0.15, 0.2) is 0 Å². The molecular weight excluding hydrogens is 112 g/mol. The van der Waals surface area contributed by atoms with Gasteiger partial charge in [0.2, 0.25) is 0 Å². The van der Waals surface area contributed by atoms with Gasteiger partial charge in [0.05, 0.1) is 0 Å². The van der Waals surface area contributed by atoms with Crippen LogP contribution in [-0.2, 0) is 0 Å². The molecule has 9 heavy (non-hydrogen) atoms. The second-order valence-electron chi connectivity index (χ2n) is 2.29. The molecule has 1 aliphatic heterocycles. The van der Waals surface area contributed by atoms with Gasteiger partial charge in [-0.25, -0.2) is 0 Å². The van der Waals surface area contributed by atoms with E-state index < -0.39 is 0 Å². The average Bonchev–Trinajstić information content (AvgIpc) is 1.88. The fraction of sp³-hybridized carbons (Fsp3) is 0.571. The van der Waals surface area contributed by atoms with Crippen LogP contribution < -0.4 is 5.32 Å². The van der Waals surface area contributed by atoms with Crippen LogP contribution in [0.5, 0.6) is 0 Å². The van der Waals surface area contributed by atoms with E-state index in [0.29, 0.717) is 6.04 Å². The van der Waals surface area contributed by atoms with Gasteiger partial charge < -0.3 is 5.32 Å². The van der Waals surface area contributed by atoms with Crippen molar-refractivity contribution in [1.29, 1.82) is 0 Å². The van der Waals surface area contributed by atoms with Crippen LogP contribution in [0.1, 0.15) is 13.3 Å². The molecule has 0 aromatic rings. The Labute approximate surface area is 55.7 Å². The zero-order chi connectivity index (χ0) is 6.69. The molecule has 0 amide bonds. The SMILES string of the molecule is CN=C1C=CCC(C)N1. The van der Waals surface area contributed by atoms with Crippen LogP contribution in [0.4, 0.5) is 0 Å². The Morgan fingerprint density at radius 3 is 3.00 bits per heavy atom. The van der Waals surface area contributed by atoms with E-state index in [1.165, 1.54) is 0 Å². The second-order valence-corrected chi connectivity index (χ2v) is 2.29. The van der Waals surface area contributed by atoms with E-state index in [1.807, 2.05) is 6.08 Å². The third kappa shape index (κ3) is 1.56. The molecule has 1 unspecified atom stereocenters. The maximum absolute atomic E-state index is 4.02. The van der Waals surface area contributed by atoms with Gasteiger partial charge in [-0.1, -0.05) is 6.08 Å².